The van der Waals surface area contributed by atoms with Gasteiger partial charge in [-0.25, -0.2) is 13.1 Å². The molecular weight excluding hydrogens is 345 g/mol. The van der Waals surface area contributed by atoms with E-state index in [1.165, 1.54) is 18.2 Å². The van der Waals surface area contributed by atoms with Crippen LogP contribution in [-0.4, -0.2) is 15.5 Å². The Hall–Kier alpha value is -1.27. The van der Waals surface area contributed by atoms with Gasteiger partial charge in [-0.3, -0.25) is 0 Å². The molecule has 0 aliphatic carbocycles. The average molecular weight is 360 g/mol. The van der Waals surface area contributed by atoms with E-state index in [9.17, 15) is 8.42 Å². The maximum atomic E-state index is 12.4. The van der Waals surface area contributed by atoms with Crippen LogP contribution in [0.1, 0.15) is 18.5 Å². The van der Waals surface area contributed by atoms with Crippen molar-refractivity contribution < 1.29 is 13.2 Å². The van der Waals surface area contributed by atoms with Crippen LogP contribution in [0, 0.1) is 0 Å². The van der Waals surface area contributed by atoms with Gasteiger partial charge in [-0.15, -0.1) is 0 Å². The van der Waals surface area contributed by atoms with Gasteiger partial charge in [0.1, 0.15) is 5.75 Å². The van der Waals surface area contributed by atoms with Crippen LogP contribution >= 0.6 is 23.2 Å². The van der Waals surface area contributed by atoms with Gasteiger partial charge in [-0.1, -0.05) is 35.3 Å². The molecular formula is C15H15Cl2NO3S. The van der Waals surface area contributed by atoms with Crippen molar-refractivity contribution in [2.24, 2.45) is 0 Å². The monoisotopic (exact) mass is 359 g/mol. The zero-order valence-electron chi connectivity index (χ0n) is 12.0. The molecule has 0 saturated heterocycles. The maximum Gasteiger partial charge on any atom is 0.241 e. The molecule has 0 spiro atoms. The molecule has 7 heteroatoms. The summed E-state index contributed by atoms with van der Waals surface area (Å²) in [6.45, 7) is 1.75. The Balaban J connectivity index is 2.27. The van der Waals surface area contributed by atoms with Gasteiger partial charge in [0.15, 0.2) is 0 Å². The van der Waals surface area contributed by atoms with Gasteiger partial charge in [0.2, 0.25) is 10.0 Å². The fraction of sp³-hybridized carbons (Fsp3) is 0.200. The van der Waals surface area contributed by atoms with Gasteiger partial charge >= 0.3 is 0 Å². The predicted octanol–water partition coefficient (Wildman–Crippen LogP) is 4.04. The Morgan fingerprint density at radius 3 is 2.32 bits per heavy atom. The lowest BCUT2D eigenvalue weighted by molar-refractivity contribution is 0.413. The average Bonchev–Trinajstić information content (AvgIpc) is 2.46. The third-order valence-corrected chi connectivity index (χ3v) is 5.03. The van der Waals surface area contributed by atoms with Gasteiger partial charge in [0.05, 0.1) is 12.0 Å². The molecule has 1 atom stereocenters. The Kier molecular flexibility index (Phi) is 5.34. The minimum atomic E-state index is -3.73. The largest absolute Gasteiger partial charge is 0.497 e. The number of ether oxygens (including phenoxy) is 1. The molecule has 1 unspecified atom stereocenters. The van der Waals surface area contributed by atoms with Crippen molar-refractivity contribution in [3.63, 3.8) is 0 Å². The summed E-state index contributed by atoms with van der Waals surface area (Å²) in [6, 6.07) is 10.9. The van der Waals surface area contributed by atoms with Crippen molar-refractivity contribution in [1.29, 1.82) is 0 Å². The van der Waals surface area contributed by atoms with Gasteiger partial charge in [0, 0.05) is 16.1 Å². The first kappa shape index (κ1) is 17.1. The molecule has 22 heavy (non-hydrogen) atoms. The van der Waals surface area contributed by atoms with Crippen molar-refractivity contribution in [3.8, 4) is 5.75 Å². The second-order valence-electron chi connectivity index (χ2n) is 4.72. The highest BCUT2D eigenvalue weighted by Crippen LogP contribution is 2.25. The van der Waals surface area contributed by atoms with Crippen molar-refractivity contribution in [2.45, 2.75) is 17.9 Å². The lowest BCUT2D eigenvalue weighted by Crippen LogP contribution is -2.26. The molecule has 0 heterocycles. The maximum absolute atomic E-state index is 12.4. The molecule has 2 rings (SSSR count). The summed E-state index contributed by atoms with van der Waals surface area (Å²) in [7, 11) is -2.17. The summed E-state index contributed by atoms with van der Waals surface area (Å²) in [5.41, 5.74) is 0.788. The molecule has 0 aliphatic heterocycles. The predicted molar refractivity (Wildman–Crippen MR) is 88.2 cm³/mol. The first-order valence-corrected chi connectivity index (χ1v) is 8.68. The topological polar surface area (TPSA) is 55.4 Å². The molecule has 0 saturated carbocycles. The summed E-state index contributed by atoms with van der Waals surface area (Å²) in [4.78, 5) is 0.0275. The summed E-state index contributed by atoms with van der Waals surface area (Å²) >= 11 is 11.7. The number of hydrogen-bond donors (Lipinski definition) is 1. The fourth-order valence-corrected chi connectivity index (χ4v) is 3.92. The third-order valence-electron chi connectivity index (χ3n) is 3.07. The number of halogens is 2. The van der Waals surface area contributed by atoms with Crippen LogP contribution < -0.4 is 9.46 Å². The zero-order valence-corrected chi connectivity index (χ0v) is 14.3. The molecule has 0 bridgehead atoms. The number of hydrogen-bond acceptors (Lipinski definition) is 3. The fourth-order valence-electron chi connectivity index (χ4n) is 1.96. The van der Waals surface area contributed by atoms with Crippen LogP contribution in [0.4, 0.5) is 0 Å². The van der Waals surface area contributed by atoms with Crippen LogP contribution in [0.25, 0.3) is 0 Å². The molecule has 118 valence electrons. The standard InChI is InChI=1S/C15H15Cl2NO3S/c1-10(11-4-3-5-14(6-11)21-2)18-22(19,20)15-8-12(16)7-13(17)9-15/h3-10,18H,1-2H3. The number of nitrogens with one attached hydrogen (secondary N) is 1. The number of rotatable bonds is 5. The molecule has 0 aliphatic rings. The van der Waals surface area contributed by atoms with Crippen LogP contribution in [0.5, 0.6) is 5.75 Å². The second kappa shape index (κ2) is 6.87. The van der Waals surface area contributed by atoms with E-state index in [0.717, 1.165) is 5.56 Å². The molecule has 0 radical (unpaired) electrons. The number of benzene rings is 2. The molecule has 2 aromatic carbocycles. The van der Waals surface area contributed by atoms with E-state index in [1.54, 1.807) is 32.2 Å². The quantitative estimate of drug-likeness (QED) is 0.876. The summed E-state index contributed by atoms with van der Waals surface area (Å²) in [5.74, 6) is 0.661. The smallest absolute Gasteiger partial charge is 0.241 e. The van der Waals surface area contributed by atoms with Crippen LogP contribution in [0.15, 0.2) is 47.4 Å². The summed E-state index contributed by atoms with van der Waals surface area (Å²) in [6.07, 6.45) is 0. The molecule has 0 amide bonds. The van der Waals surface area contributed by atoms with Gasteiger partial charge in [-0.05, 0) is 42.8 Å². The minimum absolute atomic E-state index is 0.0275. The highest BCUT2D eigenvalue weighted by Gasteiger charge is 2.19. The van der Waals surface area contributed by atoms with E-state index in [1.807, 2.05) is 6.07 Å². The van der Waals surface area contributed by atoms with Crippen LogP contribution in [-0.2, 0) is 10.0 Å². The van der Waals surface area contributed by atoms with Crippen molar-refractivity contribution in [1.82, 2.24) is 4.72 Å². The summed E-state index contributed by atoms with van der Waals surface area (Å²) in [5, 5.41) is 0.531. The molecule has 2 aromatic rings. The highest BCUT2D eigenvalue weighted by molar-refractivity contribution is 7.89. The Bertz CT molecular complexity index is 758. The van der Waals surface area contributed by atoms with Crippen LogP contribution in [0.2, 0.25) is 10.0 Å². The van der Waals surface area contributed by atoms with Gasteiger partial charge in [-0.2, -0.15) is 0 Å². The SMILES string of the molecule is COc1cccc(C(C)NS(=O)(=O)c2cc(Cl)cc(Cl)c2)c1. The Labute approximate surface area is 140 Å². The normalized spacial score (nSPS) is 12.9. The van der Waals surface area contributed by atoms with E-state index >= 15 is 0 Å². The summed E-state index contributed by atoms with van der Waals surface area (Å²) < 4.78 is 32.6. The van der Waals surface area contributed by atoms with E-state index in [-0.39, 0.29) is 14.9 Å². The molecule has 0 aromatic heterocycles. The van der Waals surface area contributed by atoms with E-state index < -0.39 is 16.1 Å². The number of sulfonamides is 1. The lowest BCUT2D eigenvalue weighted by atomic mass is 10.1. The van der Waals surface area contributed by atoms with Crippen molar-refractivity contribution >= 4 is 33.2 Å². The molecule has 0 fully saturated rings. The van der Waals surface area contributed by atoms with E-state index in [0.29, 0.717) is 5.75 Å². The minimum Gasteiger partial charge on any atom is -0.497 e. The highest BCUT2D eigenvalue weighted by atomic mass is 35.5. The van der Waals surface area contributed by atoms with Gasteiger partial charge < -0.3 is 4.74 Å². The van der Waals surface area contributed by atoms with Crippen molar-refractivity contribution in [2.75, 3.05) is 7.11 Å². The van der Waals surface area contributed by atoms with Crippen molar-refractivity contribution in [3.05, 3.63) is 58.1 Å². The van der Waals surface area contributed by atoms with E-state index in [2.05, 4.69) is 4.72 Å². The second-order valence-corrected chi connectivity index (χ2v) is 7.31. The third kappa shape index (κ3) is 4.14. The Morgan fingerprint density at radius 2 is 1.73 bits per heavy atom. The first-order valence-electron chi connectivity index (χ1n) is 6.44. The van der Waals surface area contributed by atoms with Crippen LogP contribution in [0.3, 0.4) is 0 Å². The van der Waals surface area contributed by atoms with Gasteiger partial charge in [0.25, 0.3) is 0 Å². The Morgan fingerprint density at radius 1 is 1.09 bits per heavy atom. The molecule has 4 nitrogen and oxygen atoms in total. The zero-order chi connectivity index (χ0) is 16.3. The first-order chi connectivity index (χ1) is 10.3. The van der Waals surface area contributed by atoms with E-state index in [4.69, 9.17) is 27.9 Å². The lowest BCUT2D eigenvalue weighted by Gasteiger charge is -2.15. The number of methoxy groups -OCH3 is 1. The molecule has 1 N–H and O–H groups in total.